The van der Waals surface area contributed by atoms with Crippen molar-refractivity contribution in [3.05, 3.63) is 84.6 Å². The summed E-state index contributed by atoms with van der Waals surface area (Å²) in [4.78, 5) is 21.3. The summed E-state index contributed by atoms with van der Waals surface area (Å²) >= 11 is 0. The van der Waals surface area contributed by atoms with Gasteiger partial charge in [-0.3, -0.25) is 5.10 Å². The monoisotopic (exact) mass is 435 g/mol. The van der Waals surface area contributed by atoms with Gasteiger partial charge in [0.05, 0.1) is 23.8 Å². The first-order valence-corrected chi connectivity index (χ1v) is 10.6. The molecule has 7 nitrogen and oxygen atoms in total. The number of carbonyl (C=O) groups excluding carboxylic acids is 1. The number of H-pyrrole nitrogens is 1. The molecule has 162 valence electrons. The lowest BCUT2D eigenvalue weighted by molar-refractivity contribution is -0.137. The van der Waals surface area contributed by atoms with Gasteiger partial charge in [0.15, 0.2) is 5.82 Å². The number of fused-ring (bicyclic) bond motifs is 2. The molecule has 0 amide bonds. The quantitative estimate of drug-likeness (QED) is 0.270. The van der Waals surface area contributed by atoms with E-state index in [-0.39, 0.29) is 5.97 Å². The molecule has 0 aliphatic rings. The summed E-state index contributed by atoms with van der Waals surface area (Å²) in [5.74, 6) is 0.934. The molecule has 0 atom stereocenters. The molecular formula is C26H21N5O2. The Morgan fingerprint density at radius 1 is 1.06 bits per heavy atom. The molecule has 0 radical (unpaired) electrons. The van der Waals surface area contributed by atoms with Crippen LogP contribution in [0.15, 0.2) is 79.0 Å². The fraction of sp³-hybridized carbons (Fsp3) is 0.0769. The molecule has 7 heteroatoms. The van der Waals surface area contributed by atoms with E-state index >= 15 is 0 Å². The molecule has 0 saturated carbocycles. The smallest absolute Gasteiger partial charge is 0.330 e. The first-order valence-electron chi connectivity index (χ1n) is 10.6. The zero-order chi connectivity index (χ0) is 22.6. The number of carbonyl (C=O) groups is 1. The fourth-order valence-electron chi connectivity index (χ4n) is 3.59. The number of esters is 1. The highest BCUT2D eigenvalue weighted by Gasteiger charge is 2.11. The van der Waals surface area contributed by atoms with Crippen molar-refractivity contribution in [1.29, 1.82) is 0 Å². The summed E-state index contributed by atoms with van der Waals surface area (Å²) < 4.78 is 4.96. The molecule has 0 aliphatic heterocycles. The van der Waals surface area contributed by atoms with Crippen LogP contribution < -0.4 is 5.32 Å². The molecule has 5 rings (SSSR count). The topological polar surface area (TPSA) is 92.8 Å². The Bertz CT molecular complexity index is 1490. The number of ether oxygens (including phenoxy) is 1. The van der Waals surface area contributed by atoms with E-state index in [0.717, 1.165) is 38.6 Å². The van der Waals surface area contributed by atoms with Crippen LogP contribution >= 0.6 is 0 Å². The number of anilines is 2. The number of benzene rings is 3. The first-order chi connectivity index (χ1) is 16.2. The van der Waals surface area contributed by atoms with E-state index in [1.165, 1.54) is 6.08 Å². The third-order valence-electron chi connectivity index (χ3n) is 5.15. The number of nitrogens with zero attached hydrogens (tertiary/aromatic N) is 3. The highest BCUT2D eigenvalue weighted by Crippen LogP contribution is 2.28. The van der Waals surface area contributed by atoms with Crippen molar-refractivity contribution in [2.24, 2.45) is 0 Å². The normalized spacial score (nSPS) is 11.3. The Morgan fingerprint density at radius 3 is 2.88 bits per heavy atom. The lowest BCUT2D eigenvalue weighted by Crippen LogP contribution is -2.00. The maximum Gasteiger partial charge on any atom is 0.330 e. The number of nitrogens with one attached hydrogen (secondary N) is 2. The van der Waals surface area contributed by atoms with Crippen LogP contribution in [-0.2, 0) is 9.53 Å². The van der Waals surface area contributed by atoms with Gasteiger partial charge in [-0.15, -0.1) is 0 Å². The Morgan fingerprint density at radius 2 is 1.97 bits per heavy atom. The number of rotatable bonds is 6. The fourth-order valence-corrected chi connectivity index (χ4v) is 3.59. The largest absolute Gasteiger partial charge is 0.463 e. The Kier molecular flexibility index (Phi) is 5.51. The Labute approximate surface area is 190 Å². The molecule has 0 aliphatic carbocycles. The van der Waals surface area contributed by atoms with Crippen molar-refractivity contribution in [3.63, 3.8) is 0 Å². The molecule has 0 fully saturated rings. The zero-order valence-corrected chi connectivity index (χ0v) is 17.9. The van der Waals surface area contributed by atoms with Gasteiger partial charge in [-0.2, -0.15) is 5.10 Å². The van der Waals surface area contributed by atoms with Gasteiger partial charge in [0.25, 0.3) is 0 Å². The standard InChI is InChI=1S/C26H21N5O2/c1-2-33-24(32)13-10-17-6-5-7-18(14-17)25-29-23-9-4-3-8-21(23)26(30-25)28-20-11-12-22-19(15-20)16-27-31-22/h3-16H,2H2,1H3,(H,27,31)(H,28,29,30). The molecule has 0 spiro atoms. The Balaban J connectivity index is 1.53. The summed E-state index contributed by atoms with van der Waals surface area (Å²) in [5, 5.41) is 12.4. The van der Waals surface area contributed by atoms with Crippen LogP contribution in [0.3, 0.4) is 0 Å². The molecule has 2 N–H and O–H groups in total. The van der Waals surface area contributed by atoms with Gasteiger partial charge in [-0.05, 0) is 55.0 Å². The van der Waals surface area contributed by atoms with Crippen molar-refractivity contribution < 1.29 is 9.53 Å². The zero-order valence-electron chi connectivity index (χ0n) is 17.9. The molecule has 0 unspecified atom stereocenters. The lowest BCUT2D eigenvalue weighted by Gasteiger charge is -2.11. The first kappa shape index (κ1) is 20.4. The summed E-state index contributed by atoms with van der Waals surface area (Å²) in [5.41, 5.74) is 4.42. The second-order valence-corrected chi connectivity index (χ2v) is 7.42. The second kappa shape index (κ2) is 8.92. The minimum absolute atomic E-state index is 0.345. The molecule has 33 heavy (non-hydrogen) atoms. The lowest BCUT2D eigenvalue weighted by atomic mass is 10.1. The van der Waals surface area contributed by atoms with Crippen LogP contribution in [0.4, 0.5) is 11.5 Å². The average Bonchev–Trinajstić information content (AvgIpc) is 3.31. The maximum absolute atomic E-state index is 11.7. The van der Waals surface area contributed by atoms with Gasteiger partial charge in [0.1, 0.15) is 5.82 Å². The van der Waals surface area contributed by atoms with E-state index in [9.17, 15) is 4.79 Å². The van der Waals surface area contributed by atoms with Gasteiger partial charge >= 0.3 is 5.97 Å². The highest BCUT2D eigenvalue weighted by atomic mass is 16.5. The predicted octanol–water partition coefficient (Wildman–Crippen LogP) is 5.49. The van der Waals surface area contributed by atoms with Crippen LogP contribution in [0.1, 0.15) is 12.5 Å². The van der Waals surface area contributed by atoms with Crippen molar-refractivity contribution in [3.8, 4) is 11.4 Å². The van der Waals surface area contributed by atoms with E-state index in [1.54, 1.807) is 19.2 Å². The molecule has 0 saturated heterocycles. The number of hydrogen-bond acceptors (Lipinski definition) is 6. The van der Waals surface area contributed by atoms with Crippen molar-refractivity contribution in [2.75, 3.05) is 11.9 Å². The summed E-state index contributed by atoms with van der Waals surface area (Å²) in [6, 6.07) is 21.6. The van der Waals surface area contributed by atoms with Gasteiger partial charge < -0.3 is 10.1 Å². The van der Waals surface area contributed by atoms with Crippen LogP contribution in [0.25, 0.3) is 39.3 Å². The van der Waals surface area contributed by atoms with Crippen molar-refractivity contribution in [1.82, 2.24) is 20.2 Å². The van der Waals surface area contributed by atoms with Gasteiger partial charge in [-0.25, -0.2) is 14.8 Å². The number of aromatic nitrogens is 4. The minimum atomic E-state index is -0.370. The summed E-state index contributed by atoms with van der Waals surface area (Å²) in [7, 11) is 0. The van der Waals surface area contributed by atoms with E-state index in [2.05, 4.69) is 15.5 Å². The number of aromatic amines is 1. The number of hydrogen-bond donors (Lipinski definition) is 2. The van der Waals surface area contributed by atoms with E-state index in [1.807, 2.05) is 66.7 Å². The van der Waals surface area contributed by atoms with Gasteiger partial charge in [0.2, 0.25) is 0 Å². The van der Waals surface area contributed by atoms with E-state index in [4.69, 9.17) is 14.7 Å². The second-order valence-electron chi connectivity index (χ2n) is 7.42. The molecular weight excluding hydrogens is 414 g/mol. The Hall–Kier alpha value is -4.52. The van der Waals surface area contributed by atoms with Crippen molar-refractivity contribution >= 4 is 45.4 Å². The summed E-state index contributed by atoms with van der Waals surface area (Å²) in [6.45, 7) is 2.12. The minimum Gasteiger partial charge on any atom is -0.463 e. The highest BCUT2D eigenvalue weighted by molar-refractivity contribution is 5.93. The van der Waals surface area contributed by atoms with E-state index in [0.29, 0.717) is 18.2 Å². The van der Waals surface area contributed by atoms with Crippen molar-refractivity contribution in [2.45, 2.75) is 6.92 Å². The van der Waals surface area contributed by atoms with Crippen LogP contribution in [0, 0.1) is 0 Å². The average molecular weight is 435 g/mol. The molecule has 0 bridgehead atoms. The third kappa shape index (κ3) is 4.43. The van der Waals surface area contributed by atoms with Gasteiger partial charge in [0, 0.05) is 28.1 Å². The van der Waals surface area contributed by atoms with E-state index < -0.39 is 0 Å². The summed E-state index contributed by atoms with van der Waals surface area (Å²) in [6.07, 6.45) is 4.93. The number of para-hydroxylation sites is 1. The SMILES string of the molecule is CCOC(=O)C=Cc1cccc(-c2nc(Nc3ccc4[nH]ncc4c3)c3ccccc3n2)c1. The predicted molar refractivity (Wildman–Crippen MR) is 130 cm³/mol. The van der Waals surface area contributed by atoms with Crippen LogP contribution in [0.5, 0.6) is 0 Å². The van der Waals surface area contributed by atoms with Crippen LogP contribution in [0.2, 0.25) is 0 Å². The maximum atomic E-state index is 11.7. The molecule has 3 aromatic carbocycles. The molecule has 5 aromatic rings. The van der Waals surface area contributed by atoms with Gasteiger partial charge in [-0.1, -0.05) is 30.3 Å². The van der Waals surface area contributed by atoms with Crippen LogP contribution in [-0.4, -0.2) is 32.7 Å². The third-order valence-corrected chi connectivity index (χ3v) is 5.15. The molecule has 2 heterocycles. The molecule has 2 aromatic heterocycles.